The van der Waals surface area contributed by atoms with Crippen LogP contribution in [0.5, 0.6) is 0 Å². The van der Waals surface area contributed by atoms with Gasteiger partial charge in [0.15, 0.2) is 0 Å². The van der Waals surface area contributed by atoms with E-state index in [9.17, 15) is 4.79 Å². The summed E-state index contributed by atoms with van der Waals surface area (Å²) in [5, 5.41) is 7.76. The molecular weight excluding hydrogens is 400 g/mol. The molecule has 1 aromatic carbocycles. The zero-order valence-electron chi connectivity index (χ0n) is 19.8. The molecule has 7 heteroatoms. The number of hydrazine groups is 1. The predicted octanol–water partition coefficient (Wildman–Crippen LogP) is 3.83. The van der Waals surface area contributed by atoms with Gasteiger partial charge in [0.2, 0.25) is 5.91 Å². The van der Waals surface area contributed by atoms with E-state index in [1.807, 2.05) is 12.1 Å². The van der Waals surface area contributed by atoms with Crippen molar-refractivity contribution in [2.75, 3.05) is 18.4 Å². The van der Waals surface area contributed by atoms with Crippen LogP contribution in [0.4, 0.5) is 5.69 Å². The number of hydrogen-bond donors (Lipinski definition) is 3. The van der Waals surface area contributed by atoms with E-state index in [0.717, 1.165) is 30.9 Å². The van der Waals surface area contributed by atoms with Crippen LogP contribution in [0.25, 0.3) is 0 Å². The Labute approximate surface area is 191 Å². The lowest BCUT2D eigenvalue weighted by atomic mass is 10.00. The summed E-state index contributed by atoms with van der Waals surface area (Å²) >= 11 is 0. The highest BCUT2D eigenvalue weighted by Crippen LogP contribution is 2.28. The fourth-order valence-electron chi connectivity index (χ4n) is 5.04. The van der Waals surface area contributed by atoms with Crippen molar-refractivity contribution in [3.05, 3.63) is 46.8 Å². The Morgan fingerprint density at radius 3 is 2.50 bits per heavy atom. The number of aryl methyl sites for hydroxylation is 2. The van der Waals surface area contributed by atoms with Gasteiger partial charge in [-0.2, -0.15) is 5.10 Å². The van der Waals surface area contributed by atoms with Crippen molar-refractivity contribution in [3.8, 4) is 0 Å². The smallest absolute Gasteiger partial charge is 0.242 e. The molecule has 0 saturated carbocycles. The molecule has 0 aliphatic carbocycles. The Hall–Kier alpha value is -2.22. The standard InChI is InChI=1S/C25H38N6O/c1-4-13-31-19(3)24(18(2)29-31)22-16-23(28-27-22)25(32)26-21-11-9-20(10-12-21)17-30-14-7-5-6-8-15-30/h9-12,22-23,27-28H,4-8,13-17H2,1-3H3,(H,26,32). The van der Waals surface area contributed by atoms with Crippen molar-refractivity contribution in [2.45, 2.75) is 84.5 Å². The van der Waals surface area contributed by atoms with Crippen molar-refractivity contribution >= 4 is 11.6 Å². The van der Waals surface area contributed by atoms with Gasteiger partial charge in [-0.25, -0.2) is 10.9 Å². The third-order valence-corrected chi connectivity index (χ3v) is 6.77. The molecule has 2 aliphatic rings. The molecule has 2 fully saturated rings. The van der Waals surface area contributed by atoms with Gasteiger partial charge < -0.3 is 5.32 Å². The minimum absolute atomic E-state index is 0.00322. The lowest BCUT2D eigenvalue weighted by Crippen LogP contribution is -2.39. The van der Waals surface area contributed by atoms with E-state index >= 15 is 0 Å². The molecule has 2 aromatic rings. The largest absolute Gasteiger partial charge is 0.325 e. The van der Waals surface area contributed by atoms with Crippen LogP contribution in [0.1, 0.15) is 74.0 Å². The van der Waals surface area contributed by atoms with Gasteiger partial charge in [-0.3, -0.25) is 14.4 Å². The fraction of sp³-hybridized carbons (Fsp3) is 0.600. The zero-order chi connectivity index (χ0) is 22.5. The molecule has 2 aliphatic heterocycles. The first-order chi connectivity index (χ1) is 15.5. The third-order valence-electron chi connectivity index (χ3n) is 6.77. The summed E-state index contributed by atoms with van der Waals surface area (Å²) in [6.07, 6.45) is 7.07. The number of carbonyl (C=O) groups is 1. The van der Waals surface area contributed by atoms with Crippen LogP contribution in [0.3, 0.4) is 0 Å². The molecule has 0 spiro atoms. The monoisotopic (exact) mass is 438 g/mol. The number of anilines is 1. The molecule has 174 valence electrons. The van der Waals surface area contributed by atoms with Gasteiger partial charge in [-0.1, -0.05) is 31.9 Å². The van der Waals surface area contributed by atoms with Crippen molar-refractivity contribution in [3.63, 3.8) is 0 Å². The Balaban J connectivity index is 1.32. The van der Waals surface area contributed by atoms with Gasteiger partial charge in [-0.05, 0) is 70.3 Å². The average molecular weight is 439 g/mol. The van der Waals surface area contributed by atoms with Crippen LogP contribution in [0.15, 0.2) is 24.3 Å². The number of amides is 1. The summed E-state index contributed by atoms with van der Waals surface area (Å²) < 4.78 is 2.08. The first-order valence-corrected chi connectivity index (χ1v) is 12.2. The molecule has 2 saturated heterocycles. The van der Waals surface area contributed by atoms with E-state index in [1.165, 1.54) is 55.6 Å². The highest BCUT2D eigenvalue weighted by atomic mass is 16.2. The van der Waals surface area contributed by atoms with Crippen LogP contribution in [-0.2, 0) is 17.9 Å². The predicted molar refractivity (Wildman–Crippen MR) is 128 cm³/mol. The number of benzene rings is 1. The Morgan fingerprint density at radius 2 is 1.81 bits per heavy atom. The SMILES string of the molecule is CCCn1nc(C)c(C2CC(C(=O)Nc3ccc(CN4CCCCCC4)cc3)NN2)c1C. The molecule has 32 heavy (non-hydrogen) atoms. The molecule has 3 heterocycles. The normalized spacial score (nSPS) is 22.1. The first kappa shape index (κ1) is 23.0. The molecule has 4 rings (SSSR count). The van der Waals surface area contributed by atoms with Crippen molar-refractivity contribution in [1.29, 1.82) is 0 Å². The van der Waals surface area contributed by atoms with E-state index < -0.39 is 0 Å². The number of nitrogens with zero attached hydrogens (tertiary/aromatic N) is 3. The van der Waals surface area contributed by atoms with Gasteiger partial charge in [0.05, 0.1) is 11.7 Å². The van der Waals surface area contributed by atoms with Crippen LogP contribution in [0, 0.1) is 13.8 Å². The van der Waals surface area contributed by atoms with Gasteiger partial charge in [0, 0.05) is 30.0 Å². The van der Waals surface area contributed by atoms with Crippen LogP contribution in [0.2, 0.25) is 0 Å². The number of carbonyl (C=O) groups excluding carboxylic acids is 1. The van der Waals surface area contributed by atoms with E-state index in [-0.39, 0.29) is 18.0 Å². The second kappa shape index (κ2) is 10.6. The summed E-state index contributed by atoms with van der Waals surface area (Å²) in [6, 6.07) is 8.14. The van der Waals surface area contributed by atoms with Gasteiger partial charge in [0.25, 0.3) is 0 Å². The summed E-state index contributed by atoms with van der Waals surface area (Å²) in [4.78, 5) is 15.4. The maximum atomic E-state index is 12.9. The van der Waals surface area contributed by atoms with Crippen LogP contribution >= 0.6 is 0 Å². The number of rotatable bonds is 7. The van der Waals surface area contributed by atoms with E-state index in [4.69, 9.17) is 0 Å². The lowest BCUT2D eigenvalue weighted by Gasteiger charge is -2.20. The molecule has 1 amide bonds. The molecule has 2 unspecified atom stereocenters. The Bertz CT molecular complexity index is 898. The Kier molecular flexibility index (Phi) is 7.60. The topological polar surface area (TPSA) is 74.2 Å². The fourth-order valence-corrected chi connectivity index (χ4v) is 5.04. The van der Waals surface area contributed by atoms with Gasteiger partial charge >= 0.3 is 0 Å². The molecule has 0 radical (unpaired) electrons. The Morgan fingerprint density at radius 1 is 1.09 bits per heavy atom. The second-order valence-electron chi connectivity index (χ2n) is 9.31. The van der Waals surface area contributed by atoms with Gasteiger partial charge in [0.1, 0.15) is 6.04 Å². The van der Waals surface area contributed by atoms with E-state index in [2.05, 4.69) is 63.8 Å². The van der Waals surface area contributed by atoms with Crippen molar-refractivity contribution in [1.82, 2.24) is 25.5 Å². The molecular formula is C25H38N6O. The number of aromatic nitrogens is 2. The van der Waals surface area contributed by atoms with E-state index in [0.29, 0.717) is 6.42 Å². The summed E-state index contributed by atoms with van der Waals surface area (Å²) in [7, 11) is 0. The molecule has 3 N–H and O–H groups in total. The average Bonchev–Trinajstić information content (AvgIpc) is 3.26. The zero-order valence-corrected chi connectivity index (χ0v) is 19.8. The number of nitrogens with one attached hydrogen (secondary N) is 3. The van der Waals surface area contributed by atoms with Crippen molar-refractivity contribution < 1.29 is 4.79 Å². The van der Waals surface area contributed by atoms with Crippen molar-refractivity contribution in [2.24, 2.45) is 0 Å². The molecule has 7 nitrogen and oxygen atoms in total. The van der Waals surface area contributed by atoms with Gasteiger partial charge in [-0.15, -0.1) is 0 Å². The van der Waals surface area contributed by atoms with E-state index in [1.54, 1.807) is 0 Å². The summed E-state index contributed by atoms with van der Waals surface area (Å²) in [5.41, 5.74) is 12.1. The lowest BCUT2D eigenvalue weighted by molar-refractivity contribution is -0.117. The maximum Gasteiger partial charge on any atom is 0.242 e. The highest BCUT2D eigenvalue weighted by molar-refractivity contribution is 5.95. The minimum atomic E-state index is -0.273. The molecule has 1 aromatic heterocycles. The minimum Gasteiger partial charge on any atom is -0.325 e. The third kappa shape index (κ3) is 5.39. The quantitative estimate of drug-likeness (QED) is 0.613. The van der Waals surface area contributed by atoms with Crippen LogP contribution in [-0.4, -0.2) is 39.7 Å². The number of hydrogen-bond acceptors (Lipinski definition) is 5. The first-order valence-electron chi connectivity index (χ1n) is 12.2. The summed E-state index contributed by atoms with van der Waals surface area (Å²) in [6.45, 7) is 10.6. The molecule has 0 bridgehead atoms. The van der Waals surface area contributed by atoms with Crippen LogP contribution < -0.4 is 16.2 Å². The summed E-state index contributed by atoms with van der Waals surface area (Å²) in [5.74, 6) is -0.00322. The highest BCUT2D eigenvalue weighted by Gasteiger charge is 2.33. The maximum absolute atomic E-state index is 12.9. The number of likely N-dealkylation sites (tertiary alicyclic amines) is 1. The molecule has 2 atom stereocenters. The second-order valence-corrected chi connectivity index (χ2v) is 9.31.